The molecule has 10 heteroatoms. The molecule has 2 aliphatic heterocycles. The van der Waals surface area contributed by atoms with Crippen molar-refractivity contribution in [1.29, 1.82) is 0 Å². The first-order valence-corrected chi connectivity index (χ1v) is 10.2. The van der Waals surface area contributed by atoms with Gasteiger partial charge in [0.15, 0.2) is 5.69 Å². The van der Waals surface area contributed by atoms with Gasteiger partial charge in [0.2, 0.25) is 0 Å². The first-order chi connectivity index (χ1) is 14.8. The maximum absolute atomic E-state index is 13.2. The molecule has 7 nitrogen and oxygen atoms in total. The highest BCUT2D eigenvalue weighted by molar-refractivity contribution is 5.90. The Morgan fingerprint density at radius 2 is 1.87 bits per heavy atom. The van der Waals surface area contributed by atoms with E-state index in [1.807, 2.05) is 21.9 Å². The number of nitrogens with zero attached hydrogens (tertiary/aromatic N) is 4. The highest BCUT2D eigenvalue weighted by Gasteiger charge is 2.40. The highest BCUT2D eigenvalue weighted by atomic mass is 19.4. The summed E-state index contributed by atoms with van der Waals surface area (Å²) in [5, 5.41) is 3.56. The maximum atomic E-state index is 13.2. The predicted octanol–water partition coefficient (Wildman–Crippen LogP) is 3.53. The Bertz CT molecular complexity index is 971. The molecule has 4 rings (SSSR count). The van der Waals surface area contributed by atoms with E-state index in [1.165, 1.54) is 6.92 Å². The van der Waals surface area contributed by atoms with Crippen molar-refractivity contribution < 1.29 is 27.5 Å². The Morgan fingerprint density at radius 1 is 1.19 bits per heavy atom. The second-order valence-electron chi connectivity index (χ2n) is 7.78. The molecule has 2 aliphatic rings. The van der Waals surface area contributed by atoms with Crippen molar-refractivity contribution in [1.82, 2.24) is 19.6 Å². The predicted molar refractivity (Wildman–Crippen MR) is 104 cm³/mol. The van der Waals surface area contributed by atoms with Crippen LogP contribution in [0, 0.1) is 0 Å². The summed E-state index contributed by atoms with van der Waals surface area (Å²) in [6.45, 7) is 3.61. The molecule has 3 heterocycles. The third kappa shape index (κ3) is 4.38. The van der Waals surface area contributed by atoms with Crippen LogP contribution >= 0.6 is 0 Å². The van der Waals surface area contributed by atoms with E-state index in [2.05, 4.69) is 5.10 Å². The van der Waals surface area contributed by atoms with Crippen LogP contribution in [0.1, 0.15) is 46.9 Å². The molecular formula is C21H23F3N4O3. The molecule has 0 spiro atoms. The van der Waals surface area contributed by atoms with Gasteiger partial charge in [-0.25, -0.2) is 9.59 Å². The van der Waals surface area contributed by atoms with Gasteiger partial charge in [-0.2, -0.15) is 18.3 Å². The minimum Gasteiger partial charge on any atom is -0.462 e. The number of alkyl halides is 3. The van der Waals surface area contributed by atoms with Gasteiger partial charge in [0.05, 0.1) is 19.2 Å². The van der Waals surface area contributed by atoms with E-state index in [4.69, 9.17) is 4.74 Å². The molecule has 2 aromatic rings. The number of carbonyl (C=O) groups excluding carboxylic acids is 2. The fraction of sp³-hybridized carbons (Fsp3) is 0.476. The van der Waals surface area contributed by atoms with Crippen LogP contribution in [-0.2, 0) is 24.0 Å². The number of ether oxygens (including phenoxy) is 1. The van der Waals surface area contributed by atoms with E-state index < -0.39 is 23.4 Å². The van der Waals surface area contributed by atoms with E-state index in [0.29, 0.717) is 12.6 Å². The Balaban J connectivity index is 1.44. The van der Waals surface area contributed by atoms with Crippen molar-refractivity contribution in [2.75, 3.05) is 19.7 Å². The monoisotopic (exact) mass is 436 g/mol. The normalized spacial score (nSPS) is 18.6. The number of benzene rings is 1. The molecule has 31 heavy (non-hydrogen) atoms. The zero-order valence-corrected chi connectivity index (χ0v) is 17.1. The Morgan fingerprint density at radius 3 is 2.48 bits per heavy atom. The molecule has 1 atom stereocenters. The summed E-state index contributed by atoms with van der Waals surface area (Å²) in [5.41, 5.74) is -0.180. The van der Waals surface area contributed by atoms with Gasteiger partial charge in [0, 0.05) is 25.8 Å². The average molecular weight is 436 g/mol. The third-order valence-electron chi connectivity index (χ3n) is 5.59. The fourth-order valence-electron chi connectivity index (χ4n) is 4.15. The summed E-state index contributed by atoms with van der Waals surface area (Å²) in [6.07, 6.45) is -1.60. The summed E-state index contributed by atoms with van der Waals surface area (Å²) < 4.78 is 45.5. The Hall–Kier alpha value is -3.04. The van der Waals surface area contributed by atoms with Crippen LogP contribution in [0.2, 0.25) is 0 Å². The van der Waals surface area contributed by atoms with E-state index in [0.717, 1.165) is 47.9 Å². The molecule has 2 fully saturated rings. The number of hydrogen-bond donors (Lipinski definition) is 0. The molecule has 0 saturated carbocycles. The van der Waals surface area contributed by atoms with E-state index in [-0.39, 0.29) is 19.2 Å². The first-order valence-electron chi connectivity index (χ1n) is 10.2. The standard InChI is InChI=1S/C21H23F3N4O3/c1-2-31-19(29)17-13-27(25-18(17)21(22,23)24)11-15-7-5-14(6-8-15)10-26-12-16-4-3-9-28(16)20(26)30/h5-8,13,16H,2-4,9-12H2,1H3. The number of rotatable bonds is 6. The van der Waals surface area contributed by atoms with Crippen LogP contribution in [0.15, 0.2) is 30.5 Å². The van der Waals surface area contributed by atoms with Crippen molar-refractivity contribution in [3.05, 3.63) is 52.8 Å². The number of urea groups is 1. The maximum Gasteiger partial charge on any atom is 0.436 e. The largest absolute Gasteiger partial charge is 0.462 e. The zero-order valence-electron chi connectivity index (χ0n) is 17.1. The summed E-state index contributed by atoms with van der Waals surface area (Å²) in [7, 11) is 0. The number of esters is 1. The lowest BCUT2D eigenvalue weighted by atomic mass is 10.1. The molecule has 2 saturated heterocycles. The molecule has 0 N–H and O–H groups in total. The van der Waals surface area contributed by atoms with Crippen LogP contribution in [0.5, 0.6) is 0 Å². The van der Waals surface area contributed by atoms with Gasteiger partial charge >= 0.3 is 18.2 Å². The third-order valence-corrected chi connectivity index (χ3v) is 5.59. The second-order valence-corrected chi connectivity index (χ2v) is 7.78. The molecule has 1 unspecified atom stereocenters. The lowest BCUT2D eigenvalue weighted by Crippen LogP contribution is -2.31. The first kappa shape index (κ1) is 21.2. The summed E-state index contributed by atoms with van der Waals surface area (Å²) in [4.78, 5) is 28.1. The minimum atomic E-state index is -4.76. The fourth-order valence-corrected chi connectivity index (χ4v) is 4.15. The number of hydrogen-bond acceptors (Lipinski definition) is 4. The number of aromatic nitrogens is 2. The smallest absolute Gasteiger partial charge is 0.436 e. The van der Waals surface area contributed by atoms with Crippen LogP contribution in [0.4, 0.5) is 18.0 Å². The van der Waals surface area contributed by atoms with Crippen molar-refractivity contribution >= 4 is 12.0 Å². The molecule has 1 aromatic carbocycles. The van der Waals surface area contributed by atoms with Crippen LogP contribution < -0.4 is 0 Å². The Kier molecular flexibility index (Phi) is 5.63. The molecule has 2 amide bonds. The topological polar surface area (TPSA) is 67.7 Å². The van der Waals surface area contributed by atoms with Crippen molar-refractivity contribution in [2.45, 2.75) is 45.1 Å². The molecule has 1 aromatic heterocycles. The molecule has 0 aliphatic carbocycles. The number of carbonyl (C=O) groups is 2. The van der Waals surface area contributed by atoms with Gasteiger partial charge in [-0.15, -0.1) is 0 Å². The van der Waals surface area contributed by atoms with Crippen LogP contribution in [0.3, 0.4) is 0 Å². The van der Waals surface area contributed by atoms with Gasteiger partial charge in [0.1, 0.15) is 5.56 Å². The molecule has 0 bridgehead atoms. The number of fused-ring (bicyclic) bond motifs is 1. The van der Waals surface area contributed by atoms with Crippen molar-refractivity contribution in [3.8, 4) is 0 Å². The average Bonchev–Trinajstić information content (AvgIpc) is 3.41. The molecule has 0 radical (unpaired) electrons. The minimum absolute atomic E-state index is 0.0270. The lowest BCUT2D eigenvalue weighted by molar-refractivity contribution is -0.142. The molecule has 166 valence electrons. The SMILES string of the molecule is CCOC(=O)c1cn(Cc2ccc(CN3CC4CCCN4C3=O)cc2)nc1C(F)(F)F. The number of amides is 2. The highest BCUT2D eigenvalue weighted by Crippen LogP contribution is 2.31. The van der Waals surface area contributed by atoms with E-state index >= 15 is 0 Å². The number of halogens is 3. The van der Waals surface area contributed by atoms with E-state index in [1.54, 1.807) is 12.1 Å². The zero-order chi connectivity index (χ0) is 22.2. The Labute approximate surface area is 177 Å². The van der Waals surface area contributed by atoms with Gasteiger partial charge < -0.3 is 14.5 Å². The second kappa shape index (κ2) is 8.24. The van der Waals surface area contributed by atoms with Crippen molar-refractivity contribution in [2.24, 2.45) is 0 Å². The van der Waals surface area contributed by atoms with Crippen LogP contribution in [0.25, 0.3) is 0 Å². The van der Waals surface area contributed by atoms with Crippen molar-refractivity contribution in [3.63, 3.8) is 0 Å². The van der Waals surface area contributed by atoms with Gasteiger partial charge in [0.25, 0.3) is 0 Å². The van der Waals surface area contributed by atoms with E-state index in [9.17, 15) is 22.8 Å². The summed E-state index contributed by atoms with van der Waals surface area (Å²) in [5.74, 6) is -1.05. The quantitative estimate of drug-likeness (QED) is 0.650. The van der Waals surface area contributed by atoms with Gasteiger partial charge in [-0.3, -0.25) is 4.68 Å². The van der Waals surface area contributed by atoms with Gasteiger partial charge in [-0.1, -0.05) is 24.3 Å². The molecular weight excluding hydrogens is 413 g/mol. The van der Waals surface area contributed by atoms with Crippen LogP contribution in [-0.4, -0.2) is 57.3 Å². The summed E-state index contributed by atoms with van der Waals surface area (Å²) >= 11 is 0. The van der Waals surface area contributed by atoms with Gasteiger partial charge in [-0.05, 0) is 30.9 Å². The lowest BCUT2D eigenvalue weighted by Gasteiger charge is -2.17. The summed E-state index contributed by atoms with van der Waals surface area (Å²) in [6, 6.07) is 7.66.